The van der Waals surface area contributed by atoms with Gasteiger partial charge in [0.05, 0.1) is 4.91 Å². The van der Waals surface area contributed by atoms with E-state index in [1.54, 1.807) is 0 Å². The van der Waals surface area contributed by atoms with Crippen LogP contribution in [0.1, 0.15) is 0 Å². The quantitative estimate of drug-likeness (QED) is 0.221. The largest absolute Gasteiger partial charge is 0.356 e. The van der Waals surface area contributed by atoms with Crippen LogP contribution in [0.4, 0.5) is 0 Å². The van der Waals surface area contributed by atoms with Crippen molar-refractivity contribution in [2.24, 2.45) is 0 Å². The average molecular weight is 139 g/mol. The fourth-order valence-corrected chi connectivity index (χ4v) is 0.568. The maximum absolute atomic E-state index is 10.2. The van der Waals surface area contributed by atoms with E-state index in [-0.39, 0.29) is 6.54 Å². The summed E-state index contributed by atoms with van der Waals surface area (Å²) in [5, 5.41) is 7.11. The van der Waals surface area contributed by atoms with Crippen LogP contribution < -0.4 is 11.0 Å². The molecule has 1 fully saturated rings. The number of nitrogens with one attached hydrogen (secondary N) is 2. The number of hydrogen-bond acceptors (Lipinski definition) is 3. The van der Waals surface area contributed by atoms with Crippen molar-refractivity contribution in [3.63, 3.8) is 0 Å². The summed E-state index contributed by atoms with van der Waals surface area (Å²) in [5.41, 5.74) is 4.19. The zero-order chi connectivity index (χ0) is 6.20. The maximum Gasteiger partial charge on any atom is 0.285 e. The Balaban J connectivity index is 2.56. The van der Waals surface area contributed by atoms with E-state index in [0.29, 0.717) is 4.87 Å². The van der Waals surface area contributed by atoms with Gasteiger partial charge >= 0.3 is 0 Å². The van der Waals surface area contributed by atoms with E-state index in [9.17, 15) is 4.91 Å². The van der Waals surface area contributed by atoms with Crippen LogP contribution in [-0.2, 0) is 0 Å². The fourth-order valence-electron chi connectivity index (χ4n) is 0.417. The highest BCUT2D eigenvalue weighted by atomic mass is 35.5. The van der Waals surface area contributed by atoms with Gasteiger partial charge in [-0.15, -0.1) is 5.43 Å². The molecular weight excluding hydrogens is 133 g/mol. The van der Waals surface area contributed by atoms with Gasteiger partial charge in [0.25, 0.3) is 11.7 Å². The molecule has 5 nitrogen and oxygen atoms in total. The van der Waals surface area contributed by atoms with Crippen molar-refractivity contribution in [1.82, 2.24) is 11.0 Å². The molecule has 1 saturated heterocycles. The lowest BCUT2D eigenvalue weighted by Crippen LogP contribution is -2.39. The van der Waals surface area contributed by atoms with Crippen LogP contribution in [0.15, 0.2) is 0 Å². The van der Waals surface area contributed by atoms with Crippen molar-refractivity contribution < 1.29 is 9.98 Å². The van der Waals surface area contributed by atoms with Crippen LogP contribution in [0.5, 0.6) is 0 Å². The first-order valence-electron chi connectivity index (χ1n) is 1.99. The normalized spacial score (nSPS) is 37.5. The fraction of sp³-hybridized carbons (Fsp3) is 1.00. The highest BCUT2D eigenvalue weighted by Crippen LogP contribution is 2.07. The van der Waals surface area contributed by atoms with Crippen molar-refractivity contribution in [1.29, 1.82) is 0 Å². The monoisotopic (exact) mass is 138 g/mol. The minimum atomic E-state index is -1.61. The molecule has 0 aliphatic carbocycles. The molecule has 1 aliphatic heterocycles. The van der Waals surface area contributed by atoms with Crippen LogP contribution in [0.3, 0.4) is 0 Å². The van der Waals surface area contributed by atoms with Crippen LogP contribution >= 0.6 is 11.6 Å². The summed E-state index contributed by atoms with van der Waals surface area (Å²) in [5.74, 6) is 0. The second kappa shape index (κ2) is 1.54. The molecule has 1 atom stereocenters. The van der Waals surface area contributed by atoms with Crippen LogP contribution in [0.25, 0.3) is 0 Å². The van der Waals surface area contributed by atoms with Crippen LogP contribution in [0.2, 0.25) is 0 Å². The minimum Gasteiger partial charge on any atom is -0.356 e. The molecule has 8 heavy (non-hydrogen) atoms. The molecule has 0 spiro atoms. The molecule has 1 rings (SSSR count). The molecule has 0 aromatic rings. The Labute approximate surface area is 50.1 Å². The number of hydrazine groups is 2. The standard InChI is InChI=1S/C2H5ClN3O2/c3-2(7)1-6(8)5-4-2/h4,7H,1H2,(H,5,8)/q+1. The van der Waals surface area contributed by atoms with Crippen molar-refractivity contribution in [3.8, 4) is 0 Å². The predicted octanol–water partition coefficient (Wildman–Crippen LogP) is -1.33. The highest BCUT2D eigenvalue weighted by Gasteiger charge is 2.40. The molecular formula is C2H5ClN3O2+. The van der Waals surface area contributed by atoms with Crippen molar-refractivity contribution >= 4 is 11.6 Å². The van der Waals surface area contributed by atoms with Gasteiger partial charge in [-0.25, -0.2) is 0 Å². The molecule has 0 radical (unpaired) electrons. The van der Waals surface area contributed by atoms with Gasteiger partial charge in [-0.3, -0.25) is 0 Å². The summed E-state index contributed by atoms with van der Waals surface area (Å²) >= 11 is 5.20. The molecule has 1 aliphatic rings. The number of β-amino-alcohol motifs (C(OH)–C–C–N with tert-alkyl or cyclic N) is 1. The zero-order valence-electron chi connectivity index (χ0n) is 3.89. The van der Waals surface area contributed by atoms with E-state index in [2.05, 4.69) is 11.0 Å². The number of alkyl halides is 1. The minimum absolute atomic E-state index is 0.186. The van der Waals surface area contributed by atoms with E-state index in [1.165, 1.54) is 0 Å². The predicted molar refractivity (Wildman–Crippen MR) is 25.6 cm³/mol. The number of nitroso groups, excluding NO2 is 1. The summed E-state index contributed by atoms with van der Waals surface area (Å²) in [6.45, 7) is -0.186. The third-order valence-electron chi connectivity index (χ3n) is 0.725. The SMILES string of the molecule is O=[N+]1CC(O)(Cl)NN1. The van der Waals surface area contributed by atoms with Gasteiger partial charge in [-0.2, -0.15) is 0 Å². The molecule has 46 valence electrons. The van der Waals surface area contributed by atoms with Crippen LogP contribution in [0, 0.1) is 4.91 Å². The van der Waals surface area contributed by atoms with Crippen molar-refractivity contribution in [2.45, 2.75) is 5.18 Å². The topological polar surface area (TPSA) is 64.4 Å². The zero-order valence-corrected chi connectivity index (χ0v) is 4.64. The van der Waals surface area contributed by atoms with Gasteiger partial charge in [0, 0.05) is 0 Å². The van der Waals surface area contributed by atoms with E-state index in [0.717, 1.165) is 0 Å². The van der Waals surface area contributed by atoms with E-state index >= 15 is 0 Å². The van der Waals surface area contributed by atoms with Crippen molar-refractivity contribution in [2.75, 3.05) is 6.54 Å². The van der Waals surface area contributed by atoms with Gasteiger partial charge in [0.2, 0.25) is 0 Å². The summed E-state index contributed by atoms with van der Waals surface area (Å²) in [4.78, 5) is 10.6. The number of hydrogen-bond donors (Lipinski definition) is 3. The molecule has 0 saturated carbocycles. The Hall–Kier alpha value is -0.390. The number of nitrogens with zero attached hydrogens (tertiary/aromatic N) is 1. The third-order valence-corrected chi connectivity index (χ3v) is 0.939. The molecule has 0 amide bonds. The van der Waals surface area contributed by atoms with Gasteiger partial charge in [0.1, 0.15) is 4.87 Å². The molecule has 1 unspecified atom stereocenters. The molecule has 0 aromatic heterocycles. The Kier molecular flexibility index (Phi) is 1.11. The van der Waals surface area contributed by atoms with E-state index in [4.69, 9.17) is 16.7 Å². The lowest BCUT2D eigenvalue weighted by Gasteiger charge is -2.01. The number of halogens is 1. The van der Waals surface area contributed by atoms with Crippen molar-refractivity contribution in [3.05, 3.63) is 4.91 Å². The molecule has 1 heterocycles. The van der Waals surface area contributed by atoms with Crippen LogP contribution in [-0.4, -0.2) is 21.7 Å². The maximum atomic E-state index is 10.2. The highest BCUT2D eigenvalue weighted by molar-refractivity contribution is 6.22. The first kappa shape index (κ1) is 5.74. The first-order valence-corrected chi connectivity index (χ1v) is 2.37. The Morgan fingerprint density at radius 2 is 2.50 bits per heavy atom. The third kappa shape index (κ3) is 1.06. The molecule has 6 heteroatoms. The number of rotatable bonds is 0. The average Bonchev–Trinajstić information content (AvgIpc) is 1.82. The molecule has 3 N–H and O–H groups in total. The first-order chi connectivity index (χ1) is 3.60. The summed E-state index contributed by atoms with van der Waals surface area (Å²) in [6.07, 6.45) is 0. The molecule has 0 bridgehead atoms. The summed E-state index contributed by atoms with van der Waals surface area (Å²) in [6, 6.07) is 0. The summed E-state index contributed by atoms with van der Waals surface area (Å²) in [7, 11) is 0. The van der Waals surface area contributed by atoms with E-state index < -0.39 is 5.18 Å². The Bertz CT molecular complexity index is 124. The number of aliphatic hydroxyl groups is 1. The smallest absolute Gasteiger partial charge is 0.285 e. The van der Waals surface area contributed by atoms with Gasteiger partial charge in [-0.05, 0) is 0 Å². The Morgan fingerprint density at radius 1 is 1.88 bits per heavy atom. The lowest BCUT2D eigenvalue weighted by atomic mass is 10.6. The Morgan fingerprint density at radius 3 is 2.62 bits per heavy atom. The van der Waals surface area contributed by atoms with Gasteiger partial charge in [-0.1, -0.05) is 17.1 Å². The van der Waals surface area contributed by atoms with E-state index in [1.807, 2.05) is 0 Å². The molecule has 0 aromatic carbocycles. The lowest BCUT2D eigenvalue weighted by molar-refractivity contribution is -0.593. The summed E-state index contributed by atoms with van der Waals surface area (Å²) < 4.78 is 0. The van der Waals surface area contributed by atoms with Gasteiger partial charge in [0.15, 0.2) is 0 Å². The second-order valence-corrected chi connectivity index (χ2v) is 2.16. The second-order valence-electron chi connectivity index (χ2n) is 1.53. The van der Waals surface area contributed by atoms with Gasteiger partial charge < -0.3 is 5.11 Å².